The smallest absolute Gasteiger partial charge is 0.145 e. The highest BCUT2D eigenvalue weighted by molar-refractivity contribution is 6.20. The van der Waals surface area contributed by atoms with Gasteiger partial charge in [-0.1, -0.05) is 128 Å². The Balaban J connectivity index is 1.16. The van der Waals surface area contributed by atoms with Crippen LogP contribution in [0.4, 0.5) is 0 Å². The number of aromatic nitrogens is 5. The maximum Gasteiger partial charge on any atom is 0.145 e. The topological polar surface area (TPSA) is 48.5 Å². The van der Waals surface area contributed by atoms with Gasteiger partial charge in [-0.05, 0) is 65.0 Å². The highest BCUT2D eigenvalue weighted by Gasteiger charge is 2.21. The molecule has 0 saturated heterocycles. The summed E-state index contributed by atoms with van der Waals surface area (Å²) in [6, 6.07) is 59.7. The molecule has 0 unspecified atom stereocenters. The van der Waals surface area contributed by atoms with Crippen molar-refractivity contribution in [3.63, 3.8) is 0 Å². The van der Waals surface area contributed by atoms with E-state index in [1.165, 1.54) is 0 Å². The Morgan fingerprint density at radius 1 is 0.442 bits per heavy atom. The SMILES string of the molecule is CCc1nc2ccccc2n1-c1cccc(-c2ccc(-c3nc4ccccc4c4ccc5c(nc(-c6ccccc6)n5-c5ccccc5)c34)cc2)c1. The molecule has 10 aromatic rings. The number of rotatable bonds is 6. The van der Waals surface area contributed by atoms with Gasteiger partial charge in [0.25, 0.3) is 0 Å². The second-order valence-corrected chi connectivity index (χ2v) is 13.1. The third kappa shape index (κ3) is 4.82. The van der Waals surface area contributed by atoms with Crippen molar-refractivity contribution in [3.05, 3.63) is 176 Å². The van der Waals surface area contributed by atoms with Crippen LogP contribution in [0.5, 0.6) is 0 Å². The molecule has 0 spiro atoms. The van der Waals surface area contributed by atoms with E-state index in [4.69, 9.17) is 15.0 Å². The van der Waals surface area contributed by atoms with Gasteiger partial charge in [0.1, 0.15) is 11.6 Å². The lowest BCUT2D eigenvalue weighted by Gasteiger charge is -2.13. The number of pyridine rings is 1. The first-order valence-corrected chi connectivity index (χ1v) is 17.8. The average molecular weight is 668 g/mol. The predicted octanol–water partition coefficient (Wildman–Crippen LogP) is 11.6. The van der Waals surface area contributed by atoms with E-state index in [0.717, 1.165) is 101 Å². The Hall–Kier alpha value is -6.85. The zero-order chi connectivity index (χ0) is 34.6. The molecule has 0 amide bonds. The summed E-state index contributed by atoms with van der Waals surface area (Å²) in [6.07, 6.45) is 0.851. The molecule has 10 rings (SSSR count). The van der Waals surface area contributed by atoms with E-state index in [9.17, 15) is 0 Å². The molecule has 0 N–H and O–H groups in total. The van der Waals surface area contributed by atoms with Crippen molar-refractivity contribution in [1.82, 2.24) is 24.1 Å². The third-order valence-electron chi connectivity index (χ3n) is 10.1. The summed E-state index contributed by atoms with van der Waals surface area (Å²) >= 11 is 0. The molecule has 0 bridgehead atoms. The molecule has 3 heterocycles. The standard InChI is InChI=1S/C47H33N5/c1-2-43-48-40-22-11-12-23-41(40)51(43)36-19-13-16-34(30-36)31-24-26-32(27-25-31)45-44-38(37-20-9-10-21-39(37)49-45)28-29-42-46(44)50-47(33-14-5-3-6-15-33)52(42)35-17-7-4-8-18-35/h3-30H,2H2,1H3. The Morgan fingerprint density at radius 3 is 1.92 bits per heavy atom. The number of fused-ring (bicyclic) bond motifs is 6. The van der Waals surface area contributed by atoms with Crippen molar-refractivity contribution in [3.8, 4) is 45.1 Å². The van der Waals surface area contributed by atoms with E-state index in [-0.39, 0.29) is 0 Å². The van der Waals surface area contributed by atoms with Crippen molar-refractivity contribution < 1.29 is 0 Å². The summed E-state index contributed by atoms with van der Waals surface area (Å²) in [6.45, 7) is 2.16. The minimum absolute atomic E-state index is 0.851. The molecule has 7 aromatic carbocycles. The van der Waals surface area contributed by atoms with Gasteiger partial charge in [-0.15, -0.1) is 0 Å². The summed E-state index contributed by atoms with van der Waals surface area (Å²) in [4.78, 5) is 15.7. The quantitative estimate of drug-likeness (QED) is 0.166. The first kappa shape index (κ1) is 30.0. The predicted molar refractivity (Wildman–Crippen MR) is 214 cm³/mol. The van der Waals surface area contributed by atoms with Gasteiger partial charge in [0.05, 0.1) is 33.3 Å². The minimum Gasteiger partial charge on any atom is -0.296 e. The normalized spacial score (nSPS) is 11.6. The van der Waals surface area contributed by atoms with Crippen LogP contribution in [-0.2, 0) is 6.42 Å². The summed E-state index contributed by atoms with van der Waals surface area (Å²) in [7, 11) is 0. The molecule has 0 aliphatic rings. The molecule has 0 radical (unpaired) electrons. The van der Waals surface area contributed by atoms with Crippen LogP contribution in [0, 0.1) is 0 Å². The molecule has 0 fully saturated rings. The first-order chi connectivity index (χ1) is 25.7. The van der Waals surface area contributed by atoms with Gasteiger partial charge in [-0.3, -0.25) is 9.13 Å². The van der Waals surface area contributed by atoms with E-state index in [1.807, 2.05) is 12.1 Å². The molecule has 246 valence electrons. The van der Waals surface area contributed by atoms with E-state index in [2.05, 4.69) is 174 Å². The molecule has 0 atom stereocenters. The fourth-order valence-electron chi connectivity index (χ4n) is 7.66. The van der Waals surface area contributed by atoms with Crippen molar-refractivity contribution in [2.75, 3.05) is 0 Å². The van der Waals surface area contributed by atoms with Gasteiger partial charge < -0.3 is 0 Å². The van der Waals surface area contributed by atoms with Crippen LogP contribution in [0.1, 0.15) is 12.7 Å². The van der Waals surface area contributed by atoms with E-state index in [1.54, 1.807) is 0 Å². The molecular formula is C47H33N5. The lowest BCUT2D eigenvalue weighted by Crippen LogP contribution is -2.00. The van der Waals surface area contributed by atoms with E-state index in [0.29, 0.717) is 0 Å². The molecule has 3 aromatic heterocycles. The van der Waals surface area contributed by atoms with Crippen LogP contribution in [-0.4, -0.2) is 24.1 Å². The number of hydrogen-bond acceptors (Lipinski definition) is 3. The van der Waals surface area contributed by atoms with Gasteiger partial charge in [-0.25, -0.2) is 15.0 Å². The van der Waals surface area contributed by atoms with Gasteiger partial charge >= 0.3 is 0 Å². The Labute approximate surface area is 301 Å². The second-order valence-electron chi connectivity index (χ2n) is 13.1. The van der Waals surface area contributed by atoms with Crippen LogP contribution < -0.4 is 0 Å². The van der Waals surface area contributed by atoms with Crippen LogP contribution in [0.3, 0.4) is 0 Å². The van der Waals surface area contributed by atoms with Crippen LogP contribution in [0.15, 0.2) is 170 Å². The molecule has 52 heavy (non-hydrogen) atoms. The number of aryl methyl sites for hydroxylation is 1. The zero-order valence-electron chi connectivity index (χ0n) is 28.6. The van der Waals surface area contributed by atoms with Gasteiger partial charge in [-0.2, -0.15) is 0 Å². The fraction of sp³-hybridized carbons (Fsp3) is 0.0426. The molecular weight excluding hydrogens is 635 g/mol. The molecule has 5 nitrogen and oxygen atoms in total. The van der Waals surface area contributed by atoms with Gasteiger partial charge in [0.15, 0.2) is 0 Å². The van der Waals surface area contributed by atoms with Gasteiger partial charge in [0, 0.05) is 39.7 Å². The summed E-state index contributed by atoms with van der Waals surface area (Å²) < 4.78 is 4.55. The lowest BCUT2D eigenvalue weighted by molar-refractivity contribution is 0.908. The lowest BCUT2D eigenvalue weighted by atomic mass is 9.97. The van der Waals surface area contributed by atoms with E-state index < -0.39 is 0 Å². The Bertz CT molecular complexity index is 2920. The fourth-order valence-corrected chi connectivity index (χ4v) is 7.66. The monoisotopic (exact) mass is 667 g/mol. The van der Waals surface area contributed by atoms with Crippen molar-refractivity contribution in [2.45, 2.75) is 13.3 Å². The molecule has 5 heteroatoms. The molecule has 0 saturated carbocycles. The zero-order valence-corrected chi connectivity index (χ0v) is 28.6. The number of para-hydroxylation sites is 4. The third-order valence-corrected chi connectivity index (χ3v) is 10.1. The maximum absolute atomic E-state index is 5.43. The highest BCUT2D eigenvalue weighted by Crippen LogP contribution is 2.40. The van der Waals surface area contributed by atoms with Crippen LogP contribution >= 0.6 is 0 Å². The molecule has 0 aliphatic heterocycles. The van der Waals surface area contributed by atoms with Crippen LogP contribution in [0.25, 0.3) is 88.9 Å². The summed E-state index contributed by atoms with van der Waals surface area (Å²) in [5.41, 5.74) is 12.6. The Morgan fingerprint density at radius 2 is 1.12 bits per heavy atom. The van der Waals surface area contributed by atoms with Crippen LogP contribution in [0.2, 0.25) is 0 Å². The second kappa shape index (κ2) is 12.2. The average Bonchev–Trinajstić information content (AvgIpc) is 3.80. The summed E-state index contributed by atoms with van der Waals surface area (Å²) in [5.74, 6) is 1.96. The minimum atomic E-state index is 0.851. The van der Waals surface area contributed by atoms with E-state index >= 15 is 0 Å². The van der Waals surface area contributed by atoms with Crippen molar-refractivity contribution in [1.29, 1.82) is 0 Å². The Kier molecular flexibility index (Phi) is 7.03. The van der Waals surface area contributed by atoms with Gasteiger partial charge in [0.2, 0.25) is 0 Å². The van der Waals surface area contributed by atoms with Crippen molar-refractivity contribution >= 4 is 43.7 Å². The maximum atomic E-state index is 5.43. The number of nitrogens with zero attached hydrogens (tertiary/aromatic N) is 5. The van der Waals surface area contributed by atoms with Crippen molar-refractivity contribution in [2.24, 2.45) is 0 Å². The number of benzene rings is 7. The highest BCUT2D eigenvalue weighted by atomic mass is 15.1. The molecule has 0 aliphatic carbocycles. The summed E-state index contributed by atoms with van der Waals surface area (Å²) in [5, 5.41) is 3.31. The largest absolute Gasteiger partial charge is 0.296 e. The number of imidazole rings is 2. The first-order valence-electron chi connectivity index (χ1n) is 17.8. The number of hydrogen-bond donors (Lipinski definition) is 0.